The van der Waals surface area contributed by atoms with E-state index in [1.165, 1.54) is 6.92 Å². The summed E-state index contributed by atoms with van der Waals surface area (Å²) in [5.41, 5.74) is 3.95. The minimum atomic E-state index is -4.60. The van der Waals surface area contributed by atoms with E-state index >= 15 is 0 Å². The molecule has 0 aromatic carbocycles. The van der Waals surface area contributed by atoms with Crippen molar-refractivity contribution in [2.75, 3.05) is 17.2 Å². The molecular weight excluding hydrogens is 275 g/mol. The van der Waals surface area contributed by atoms with Crippen molar-refractivity contribution < 1.29 is 18.0 Å². The molecule has 4 N–H and O–H groups in total. The van der Waals surface area contributed by atoms with E-state index in [0.29, 0.717) is 13.0 Å². The summed E-state index contributed by atoms with van der Waals surface area (Å²) in [6, 6.07) is -0.110. The molecule has 1 amide bonds. The van der Waals surface area contributed by atoms with Gasteiger partial charge in [0, 0.05) is 12.6 Å². The first kappa shape index (κ1) is 16.0. The van der Waals surface area contributed by atoms with Gasteiger partial charge in [-0.2, -0.15) is 18.2 Å². The maximum atomic E-state index is 12.7. The molecule has 1 heterocycles. The minimum absolute atomic E-state index is 0.114. The van der Waals surface area contributed by atoms with Crippen LogP contribution in [0.4, 0.5) is 24.9 Å². The van der Waals surface area contributed by atoms with Crippen LogP contribution in [0.5, 0.6) is 0 Å². The summed E-state index contributed by atoms with van der Waals surface area (Å²) in [6.07, 6.45) is -3.89. The standard InChI is InChI=1S/C11H16F3N5O/c1-3-4-16-10-18-7(11(12,13)14)5-8(19-10)17-6(2)9(15)20/h5-6H,3-4H2,1-2H3,(H2,15,20)(H2,16,17,18,19). The Kier molecular flexibility index (Phi) is 5.12. The molecule has 0 aliphatic rings. The number of nitrogens with one attached hydrogen (secondary N) is 2. The second-order valence-corrected chi connectivity index (χ2v) is 4.15. The zero-order chi connectivity index (χ0) is 15.3. The van der Waals surface area contributed by atoms with Gasteiger partial charge in [0.1, 0.15) is 11.9 Å². The Hall–Kier alpha value is -2.06. The van der Waals surface area contributed by atoms with Gasteiger partial charge < -0.3 is 16.4 Å². The Morgan fingerprint density at radius 1 is 1.45 bits per heavy atom. The van der Waals surface area contributed by atoms with E-state index in [4.69, 9.17) is 5.73 Å². The number of rotatable bonds is 6. The maximum Gasteiger partial charge on any atom is 0.433 e. The number of nitrogens with zero attached hydrogens (tertiary/aromatic N) is 2. The molecule has 0 radical (unpaired) electrons. The fourth-order valence-corrected chi connectivity index (χ4v) is 1.28. The molecule has 1 rings (SSSR count). The van der Waals surface area contributed by atoms with Gasteiger partial charge in [-0.05, 0) is 13.3 Å². The summed E-state index contributed by atoms with van der Waals surface area (Å²) in [5, 5.41) is 5.18. The van der Waals surface area contributed by atoms with Crippen LogP contribution in [-0.4, -0.2) is 28.5 Å². The van der Waals surface area contributed by atoms with Crippen molar-refractivity contribution in [2.45, 2.75) is 32.5 Å². The summed E-state index contributed by atoms with van der Waals surface area (Å²) in [5.74, 6) is -0.960. The number of primary amides is 1. The lowest BCUT2D eigenvalue weighted by molar-refractivity contribution is -0.141. The lowest BCUT2D eigenvalue weighted by atomic mass is 10.3. The molecule has 1 atom stereocenters. The predicted molar refractivity (Wildman–Crippen MR) is 68.1 cm³/mol. The third kappa shape index (κ3) is 4.56. The molecule has 0 aliphatic heterocycles. The van der Waals surface area contributed by atoms with Crippen LogP contribution in [0, 0.1) is 0 Å². The second-order valence-electron chi connectivity index (χ2n) is 4.15. The molecular formula is C11H16F3N5O. The van der Waals surface area contributed by atoms with Crippen LogP contribution in [0.1, 0.15) is 26.0 Å². The number of hydrogen-bond acceptors (Lipinski definition) is 5. The fourth-order valence-electron chi connectivity index (χ4n) is 1.28. The number of nitrogens with two attached hydrogens (primary N) is 1. The smallest absolute Gasteiger partial charge is 0.368 e. The molecule has 6 nitrogen and oxygen atoms in total. The molecule has 0 bridgehead atoms. The fraction of sp³-hybridized carbons (Fsp3) is 0.545. The monoisotopic (exact) mass is 291 g/mol. The third-order valence-corrected chi connectivity index (χ3v) is 2.34. The highest BCUT2D eigenvalue weighted by Crippen LogP contribution is 2.29. The van der Waals surface area contributed by atoms with Crippen LogP contribution in [0.3, 0.4) is 0 Å². The lowest BCUT2D eigenvalue weighted by Crippen LogP contribution is -2.33. The van der Waals surface area contributed by atoms with Gasteiger partial charge in [-0.3, -0.25) is 4.79 Å². The quantitative estimate of drug-likeness (QED) is 0.740. The average molecular weight is 291 g/mol. The molecule has 0 saturated carbocycles. The Bertz CT molecular complexity index is 478. The molecule has 0 spiro atoms. The number of aromatic nitrogens is 2. The number of carbonyl (C=O) groups is 1. The van der Waals surface area contributed by atoms with Crippen LogP contribution < -0.4 is 16.4 Å². The van der Waals surface area contributed by atoms with Crippen LogP contribution in [-0.2, 0) is 11.0 Å². The van der Waals surface area contributed by atoms with Crippen molar-refractivity contribution in [3.8, 4) is 0 Å². The SMILES string of the molecule is CCCNc1nc(NC(C)C(N)=O)cc(C(F)(F)F)n1. The molecule has 1 aromatic rings. The van der Waals surface area contributed by atoms with Gasteiger partial charge in [-0.15, -0.1) is 0 Å². The van der Waals surface area contributed by atoms with E-state index in [2.05, 4.69) is 20.6 Å². The topological polar surface area (TPSA) is 92.9 Å². The maximum absolute atomic E-state index is 12.7. The van der Waals surface area contributed by atoms with Gasteiger partial charge in [0.2, 0.25) is 11.9 Å². The van der Waals surface area contributed by atoms with Gasteiger partial charge >= 0.3 is 6.18 Å². The van der Waals surface area contributed by atoms with Gasteiger partial charge in [0.15, 0.2) is 5.69 Å². The number of carbonyl (C=O) groups excluding carboxylic acids is 1. The van der Waals surface area contributed by atoms with E-state index in [1.54, 1.807) is 0 Å². The Labute approximate surface area is 114 Å². The number of hydrogen-bond donors (Lipinski definition) is 3. The minimum Gasteiger partial charge on any atom is -0.368 e. The predicted octanol–water partition coefficient (Wildman–Crippen LogP) is 1.60. The third-order valence-electron chi connectivity index (χ3n) is 2.34. The molecule has 1 unspecified atom stereocenters. The van der Waals surface area contributed by atoms with Crippen LogP contribution >= 0.6 is 0 Å². The highest BCUT2D eigenvalue weighted by atomic mass is 19.4. The summed E-state index contributed by atoms with van der Waals surface area (Å²) in [6.45, 7) is 3.72. The van der Waals surface area contributed by atoms with Crippen molar-refractivity contribution in [1.82, 2.24) is 9.97 Å². The van der Waals surface area contributed by atoms with Crippen molar-refractivity contribution in [2.24, 2.45) is 5.73 Å². The molecule has 20 heavy (non-hydrogen) atoms. The first-order valence-corrected chi connectivity index (χ1v) is 6.00. The summed E-state index contributed by atoms with van der Waals surface area (Å²) in [4.78, 5) is 18.2. The lowest BCUT2D eigenvalue weighted by Gasteiger charge is -2.14. The second kappa shape index (κ2) is 6.40. The Balaban J connectivity index is 3.06. The largest absolute Gasteiger partial charge is 0.433 e. The van der Waals surface area contributed by atoms with Crippen LogP contribution in [0.25, 0.3) is 0 Å². The van der Waals surface area contributed by atoms with Gasteiger partial charge in [0.25, 0.3) is 0 Å². The van der Waals surface area contributed by atoms with Crippen LogP contribution in [0.2, 0.25) is 0 Å². The van der Waals surface area contributed by atoms with E-state index in [0.717, 1.165) is 6.07 Å². The highest BCUT2D eigenvalue weighted by Gasteiger charge is 2.34. The van der Waals surface area contributed by atoms with Crippen LogP contribution in [0.15, 0.2) is 6.07 Å². The Morgan fingerprint density at radius 3 is 2.60 bits per heavy atom. The molecule has 0 aliphatic carbocycles. The molecule has 0 saturated heterocycles. The molecule has 112 valence electrons. The van der Waals surface area contributed by atoms with E-state index < -0.39 is 23.8 Å². The number of alkyl halides is 3. The summed E-state index contributed by atoms with van der Waals surface area (Å²) >= 11 is 0. The first-order chi connectivity index (χ1) is 9.24. The van der Waals surface area contributed by atoms with E-state index in [9.17, 15) is 18.0 Å². The highest BCUT2D eigenvalue weighted by molar-refractivity contribution is 5.82. The van der Waals surface area contributed by atoms with Crippen molar-refractivity contribution in [3.63, 3.8) is 0 Å². The molecule has 9 heteroatoms. The van der Waals surface area contributed by atoms with Crippen molar-refractivity contribution in [1.29, 1.82) is 0 Å². The number of amides is 1. The zero-order valence-corrected chi connectivity index (χ0v) is 11.1. The van der Waals surface area contributed by atoms with Crippen molar-refractivity contribution in [3.05, 3.63) is 11.8 Å². The van der Waals surface area contributed by atoms with Gasteiger partial charge in [0.05, 0.1) is 0 Å². The Morgan fingerprint density at radius 2 is 2.10 bits per heavy atom. The molecule has 1 aromatic heterocycles. The normalized spacial score (nSPS) is 12.8. The molecule has 0 fully saturated rings. The van der Waals surface area contributed by atoms with E-state index in [1.807, 2.05) is 6.92 Å². The summed E-state index contributed by atoms with van der Waals surface area (Å²) in [7, 11) is 0. The number of halogens is 3. The van der Waals surface area contributed by atoms with Gasteiger partial charge in [-0.25, -0.2) is 4.98 Å². The number of anilines is 2. The van der Waals surface area contributed by atoms with E-state index in [-0.39, 0.29) is 11.8 Å². The average Bonchev–Trinajstić information content (AvgIpc) is 2.34. The van der Waals surface area contributed by atoms with Crippen molar-refractivity contribution >= 4 is 17.7 Å². The first-order valence-electron chi connectivity index (χ1n) is 6.00. The zero-order valence-electron chi connectivity index (χ0n) is 11.1. The van der Waals surface area contributed by atoms with Gasteiger partial charge in [-0.1, -0.05) is 6.92 Å². The summed E-state index contributed by atoms with van der Waals surface area (Å²) < 4.78 is 38.2.